The minimum absolute atomic E-state index is 0.433. The number of hydrogen-bond acceptors (Lipinski definition) is 5. The summed E-state index contributed by atoms with van der Waals surface area (Å²) in [6, 6.07) is 18.9. The largest absolute Gasteiger partial charge is 0.412 e. The Morgan fingerprint density at radius 2 is 1.74 bits per heavy atom. The first kappa shape index (κ1) is 24.3. The maximum absolute atomic E-state index is 12.1. The maximum atomic E-state index is 12.1. The molecule has 178 valence electrons. The lowest BCUT2D eigenvalue weighted by molar-refractivity contribution is 0.199. The molecule has 4 rings (SSSR count). The molecule has 1 saturated heterocycles. The summed E-state index contributed by atoms with van der Waals surface area (Å²) in [4.78, 5) is 21.1. The third-order valence-corrected chi connectivity index (χ3v) is 6.65. The van der Waals surface area contributed by atoms with Crippen LogP contribution in [0.2, 0.25) is 10.0 Å². The number of hydrogen-bond donors (Lipinski definition) is 1. The Morgan fingerprint density at radius 1 is 0.941 bits per heavy atom. The molecular formula is C26H28Cl2N4O2. The second kappa shape index (κ2) is 12.1. The highest BCUT2D eigenvalue weighted by atomic mass is 35.5. The van der Waals surface area contributed by atoms with Crippen molar-refractivity contribution in [1.82, 2.24) is 15.2 Å². The predicted molar refractivity (Wildman–Crippen MR) is 138 cm³/mol. The van der Waals surface area contributed by atoms with Crippen molar-refractivity contribution in [3.05, 3.63) is 76.9 Å². The van der Waals surface area contributed by atoms with Crippen molar-refractivity contribution in [1.29, 1.82) is 0 Å². The highest BCUT2D eigenvalue weighted by molar-refractivity contribution is 6.43. The smallest absolute Gasteiger partial charge is 0.410 e. The van der Waals surface area contributed by atoms with Gasteiger partial charge in [-0.1, -0.05) is 35.3 Å². The Hall–Kier alpha value is -2.80. The summed E-state index contributed by atoms with van der Waals surface area (Å²) in [6.07, 6.45) is 3.23. The number of ether oxygens (including phenoxy) is 1. The number of carbonyl (C=O) groups excluding carboxylic acids is 1. The molecule has 0 aliphatic carbocycles. The molecule has 0 bridgehead atoms. The van der Waals surface area contributed by atoms with Gasteiger partial charge in [0.1, 0.15) is 5.75 Å². The molecule has 1 fully saturated rings. The van der Waals surface area contributed by atoms with Gasteiger partial charge in [-0.15, -0.1) is 0 Å². The van der Waals surface area contributed by atoms with Crippen molar-refractivity contribution in [2.24, 2.45) is 0 Å². The molecule has 1 aliphatic heterocycles. The quantitative estimate of drug-likeness (QED) is 0.401. The molecule has 1 aromatic heterocycles. The standard InChI is InChI=1S/C26H28Cl2N4O2/c27-22-6-5-8-24(25(22)28)32-18-16-31(17-19-32)15-4-3-14-30-26(33)34-21-11-9-20(10-12-21)23-7-1-2-13-29-23/h1-2,5-13H,3-4,14-19H2,(H,30,33). The van der Waals surface area contributed by atoms with Gasteiger partial charge < -0.3 is 15.0 Å². The van der Waals surface area contributed by atoms with E-state index in [1.165, 1.54) is 0 Å². The molecule has 6 nitrogen and oxygen atoms in total. The van der Waals surface area contributed by atoms with E-state index in [9.17, 15) is 4.79 Å². The van der Waals surface area contributed by atoms with Gasteiger partial charge in [0.25, 0.3) is 0 Å². The monoisotopic (exact) mass is 498 g/mol. The van der Waals surface area contributed by atoms with E-state index in [1.54, 1.807) is 18.3 Å². The van der Waals surface area contributed by atoms with E-state index in [4.69, 9.17) is 27.9 Å². The molecule has 0 radical (unpaired) electrons. The maximum Gasteiger partial charge on any atom is 0.412 e. The van der Waals surface area contributed by atoms with Crippen LogP contribution in [-0.4, -0.2) is 55.2 Å². The zero-order valence-electron chi connectivity index (χ0n) is 18.9. The van der Waals surface area contributed by atoms with Crippen molar-refractivity contribution in [3.63, 3.8) is 0 Å². The fraction of sp³-hybridized carbons (Fsp3) is 0.308. The lowest BCUT2D eigenvalue weighted by Crippen LogP contribution is -2.46. The predicted octanol–water partition coefficient (Wildman–Crippen LogP) is 5.75. The summed E-state index contributed by atoms with van der Waals surface area (Å²) in [7, 11) is 0. The van der Waals surface area contributed by atoms with Crippen LogP contribution in [0.1, 0.15) is 12.8 Å². The van der Waals surface area contributed by atoms with Crippen LogP contribution < -0.4 is 15.0 Å². The Morgan fingerprint density at radius 3 is 2.47 bits per heavy atom. The third-order valence-electron chi connectivity index (χ3n) is 5.84. The minimum atomic E-state index is -0.433. The number of nitrogens with zero attached hydrogens (tertiary/aromatic N) is 3. The summed E-state index contributed by atoms with van der Waals surface area (Å²) < 4.78 is 5.37. The summed E-state index contributed by atoms with van der Waals surface area (Å²) in [5.41, 5.74) is 2.86. The average Bonchev–Trinajstić information content (AvgIpc) is 2.87. The van der Waals surface area contributed by atoms with E-state index in [0.717, 1.165) is 62.5 Å². The molecule has 8 heteroatoms. The SMILES string of the molecule is O=C(NCCCCN1CCN(c2cccc(Cl)c2Cl)CC1)Oc1ccc(-c2ccccn2)cc1. The van der Waals surface area contributed by atoms with Gasteiger partial charge in [0.05, 0.1) is 21.4 Å². The fourth-order valence-electron chi connectivity index (χ4n) is 3.97. The molecule has 3 aromatic rings. The van der Waals surface area contributed by atoms with Gasteiger partial charge in [-0.05, 0) is 67.9 Å². The van der Waals surface area contributed by atoms with Crippen LogP contribution in [0.3, 0.4) is 0 Å². The van der Waals surface area contributed by atoms with E-state index < -0.39 is 6.09 Å². The molecule has 0 unspecified atom stereocenters. The fourth-order valence-corrected chi connectivity index (χ4v) is 4.39. The first-order chi connectivity index (χ1) is 16.6. The number of pyridine rings is 1. The van der Waals surface area contributed by atoms with Gasteiger partial charge in [0.15, 0.2) is 0 Å². The van der Waals surface area contributed by atoms with E-state index >= 15 is 0 Å². The van der Waals surface area contributed by atoms with Crippen LogP contribution in [0.25, 0.3) is 11.3 Å². The van der Waals surface area contributed by atoms with Gasteiger partial charge in [-0.2, -0.15) is 0 Å². The zero-order chi connectivity index (χ0) is 23.8. The van der Waals surface area contributed by atoms with E-state index in [2.05, 4.69) is 20.1 Å². The van der Waals surface area contributed by atoms with Crippen LogP contribution in [0, 0.1) is 0 Å². The second-order valence-electron chi connectivity index (χ2n) is 8.16. The van der Waals surface area contributed by atoms with Crippen molar-refractivity contribution < 1.29 is 9.53 Å². The molecular weight excluding hydrogens is 471 g/mol. The number of benzene rings is 2. The van der Waals surface area contributed by atoms with Gasteiger partial charge in [0.2, 0.25) is 0 Å². The third kappa shape index (κ3) is 6.63. The van der Waals surface area contributed by atoms with Crippen molar-refractivity contribution in [3.8, 4) is 17.0 Å². The van der Waals surface area contributed by atoms with Crippen LogP contribution in [0.4, 0.5) is 10.5 Å². The normalized spacial score (nSPS) is 14.1. The first-order valence-corrected chi connectivity index (χ1v) is 12.2. The van der Waals surface area contributed by atoms with E-state index in [-0.39, 0.29) is 0 Å². The summed E-state index contributed by atoms with van der Waals surface area (Å²) >= 11 is 12.5. The molecule has 0 saturated carbocycles. The van der Waals surface area contributed by atoms with Gasteiger partial charge in [-0.25, -0.2) is 4.79 Å². The molecule has 1 aliphatic rings. The minimum Gasteiger partial charge on any atom is -0.410 e. The van der Waals surface area contributed by atoms with E-state index in [0.29, 0.717) is 22.3 Å². The molecule has 1 N–H and O–H groups in total. The second-order valence-corrected chi connectivity index (χ2v) is 8.95. The summed E-state index contributed by atoms with van der Waals surface area (Å²) in [6.45, 7) is 5.39. The molecule has 2 heterocycles. The number of piperazine rings is 1. The van der Waals surface area contributed by atoms with Crippen molar-refractivity contribution in [2.45, 2.75) is 12.8 Å². The zero-order valence-corrected chi connectivity index (χ0v) is 20.4. The number of halogens is 2. The number of anilines is 1. The molecule has 0 atom stereocenters. The number of rotatable bonds is 8. The van der Waals surface area contributed by atoms with Gasteiger partial charge in [0, 0.05) is 44.5 Å². The van der Waals surface area contributed by atoms with Crippen LogP contribution >= 0.6 is 23.2 Å². The number of carbonyl (C=O) groups is 1. The van der Waals surface area contributed by atoms with Crippen molar-refractivity contribution in [2.75, 3.05) is 44.2 Å². The van der Waals surface area contributed by atoms with Gasteiger partial charge >= 0.3 is 6.09 Å². The lowest BCUT2D eigenvalue weighted by Gasteiger charge is -2.36. The highest BCUT2D eigenvalue weighted by Crippen LogP contribution is 2.32. The van der Waals surface area contributed by atoms with Crippen molar-refractivity contribution >= 4 is 35.0 Å². The Labute approximate surface area is 210 Å². The number of aromatic nitrogens is 1. The lowest BCUT2D eigenvalue weighted by atomic mass is 10.1. The summed E-state index contributed by atoms with van der Waals surface area (Å²) in [5.74, 6) is 0.509. The van der Waals surface area contributed by atoms with E-state index in [1.807, 2.05) is 48.5 Å². The Bertz CT molecular complexity index is 1070. The molecule has 2 aromatic carbocycles. The Balaban J connectivity index is 1.11. The number of amides is 1. The molecule has 34 heavy (non-hydrogen) atoms. The van der Waals surface area contributed by atoms with Crippen LogP contribution in [0.5, 0.6) is 5.75 Å². The van der Waals surface area contributed by atoms with Crippen LogP contribution in [-0.2, 0) is 0 Å². The topological polar surface area (TPSA) is 57.7 Å². The molecule has 1 amide bonds. The average molecular weight is 499 g/mol. The first-order valence-electron chi connectivity index (χ1n) is 11.5. The van der Waals surface area contributed by atoms with Crippen LogP contribution in [0.15, 0.2) is 66.9 Å². The van der Waals surface area contributed by atoms with Gasteiger partial charge in [-0.3, -0.25) is 9.88 Å². The Kier molecular flexibility index (Phi) is 8.63. The highest BCUT2D eigenvalue weighted by Gasteiger charge is 2.19. The number of unbranched alkanes of at least 4 members (excludes halogenated alkanes) is 1. The molecule has 0 spiro atoms. The summed E-state index contributed by atoms with van der Waals surface area (Å²) in [5, 5.41) is 4.04. The number of nitrogens with one attached hydrogen (secondary N) is 1.